The second-order valence-corrected chi connectivity index (χ2v) is 9.86. The largest absolute Gasteiger partial charge is 0.507 e. The highest BCUT2D eigenvalue weighted by Gasteiger charge is 2.29. The van der Waals surface area contributed by atoms with Gasteiger partial charge in [-0.3, -0.25) is 0 Å². The molecule has 0 bridgehead atoms. The van der Waals surface area contributed by atoms with Gasteiger partial charge in [0.25, 0.3) is 0 Å². The molecule has 3 heterocycles. The van der Waals surface area contributed by atoms with Crippen molar-refractivity contribution in [1.82, 2.24) is 9.61 Å². The van der Waals surface area contributed by atoms with Gasteiger partial charge in [-0.1, -0.05) is 13.3 Å². The number of phenols is 1. The number of phenolic OH excluding ortho intramolecular Hbond substituents is 1. The molecule has 1 aromatic carbocycles. The number of unbranched alkanes of at least 4 members (excludes halogenated alkanes) is 1. The van der Waals surface area contributed by atoms with E-state index in [-0.39, 0.29) is 5.75 Å². The minimum absolute atomic E-state index is 0.163. The van der Waals surface area contributed by atoms with Crippen LogP contribution in [0.15, 0.2) is 22.5 Å². The molecule has 33 heavy (non-hydrogen) atoms. The number of thiazole rings is 1. The summed E-state index contributed by atoms with van der Waals surface area (Å²) in [5.74, 6) is 0.771. The van der Waals surface area contributed by atoms with Crippen LogP contribution in [0.5, 0.6) is 11.5 Å². The van der Waals surface area contributed by atoms with Crippen LogP contribution in [0, 0.1) is 0 Å². The summed E-state index contributed by atoms with van der Waals surface area (Å²) in [5, 5.41) is 19.0. The van der Waals surface area contributed by atoms with Gasteiger partial charge in [0.2, 0.25) is 0 Å². The van der Waals surface area contributed by atoms with Crippen LogP contribution in [0.1, 0.15) is 38.2 Å². The molecule has 1 aliphatic rings. The fourth-order valence-electron chi connectivity index (χ4n) is 4.48. The van der Waals surface area contributed by atoms with Crippen molar-refractivity contribution in [2.45, 2.75) is 50.3 Å². The average Bonchev–Trinajstić information content (AvgIpc) is 3.39. The summed E-state index contributed by atoms with van der Waals surface area (Å²) in [6.07, 6.45) is 6.42. The number of aromatic nitrogens is 2. The highest BCUT2D eigenvalue weighted by atomic mass is 32.2. The molecule has 180 valence electrons. The highest BCUT2D eigenvalue weighted by Crippen LogP contribution is 2.45. The molecular weight excluding hydrogens is 458 g/mol. The predicted octanol–water partition coefficient (Wildman–Crippen LogP) is 5.43. The lowest BCUT2D eigenvalue weighted by molar-refractivity contribution is 0.0843. The van der Waals surface area contributed by atoms with Gasteiger partial charge in [0, 0.05) is 38.3 Å². The summed E-state index contributed by atoms with van der Waals surface area (Å²) in [5.41, 5.74) is 3.54. The zero-order valence-electron chi connectivity index (χ0n) is 19.8. The van der Waals surface area contributed by atoms with Gasteiger partial charge in [0.05, 0.1) is 25.0 Å². The van der Waals surface area contributed by atoms with E-state index in [4.69, 9.17) is 19.3 Å². The van der Waals surface area contributed by atoms with Crippen molar-refractivity contribution < 1.29 is 19.3 Å². The molecule has 4 rings (SSSR count). The zero-order valence-corrected chi connectivity index (χ0v) is 21.4. The first-order valence-electron chi connectivity index (χ1n) is 11.4. The Labute approximate surface area is 203 Å². The molecule has 0 saturated carbocycles. The van der Waals surface area contributed by atoms with E-state index in [0.29, 0.717) is 24.0 Å². The molecule has 1 N–H and O–H groups in total. The second-order valence-electron chi connectivity index (χ2n) is 8.21. The molecule has 0 atom stereocenters. The number of hydrogen-bond donors (Lipinski definition) is 1. The SMILES string of the molecule is CCCCN(c1c(SC)nn2c(-c3c(O)cc(COC)cc3OC)csc12)C1CCOCC1. The van der Waals surface area contributed by atoms with Crippen molar-refractivity contribution >= 4 is 33.6 Å². The number of anilines is 1. The summed E-state index contributed by atoms with van der Waals surface area (Å²) >= 11 is 3.33. The molecule has 1 aliphatic heterocycles. The lowest BCUT2D eigenvalue weighted by Crippen LogP contribution is -2.40. The topological polar surface area (TPSA) is 68.5 Å². The minimum Gasteiger partial charge on any atom is -0.507 e. The number of methoxy groups -OCH3 is 2. The molecule has 0 spiro atoms. The van der Waals surface area contributed by atoms with E-state index < -0.39 is 0 Å². The first kappa shape index (κ1) is 24.2. The van der Waals surface area contributed by atoms with Gasteiger partial charge in [0.15, 0.2) is 0 Å². The summed E-state index contributed by atoms with van der Waals surface area (Å²) in [6.45, 7) is 5.26. The molecule has 1 saturated heterocycles. The number of fused-ring (bicyclic) bond motifs is 1. The van der Waals surface area contributed by atoms with Gasteiger partial charge in [-0.15, -0.1) is 23.1 Å². The molecule has 0 aliphatic carbocycles. The normalized spacial score (nSPS) is 14.8. The molecule has 3 aromatic rings. The fourth-order valence-corrected chi connectivity index (χ4v) is 6.12. The van der Waals surface area contributed by atoms with Crippen LogP contribution in [0.4, 0.5) is 5.69 Å². The third-order valence-electron chi connectivity index (χ3n) is 6.09. The molecule has 0 radical (unpaired) electrons. The molecule has 2 aromatic heterocycles. The van der Waals surface area contributed by atoms with Crippen molar-refractivity contribution in [2.24, 2.45) is 0 Å². The Hall–Kier alpha value is -1.94. The van der Waals surface area contributed by atoms with Gasteiger partial charge in [-0.25, -0.2) is 4.52 Å². The van der Waals surface area contributed by atoms with E-state index in [0.717, 1.165) is 66.6 Å². The third-order valence-corrected chi connectivity index (χ3v) is 7.68. The van der Waals surface area contributed by atoms with Crippen molar-refractivity contribution in [1.29, 1.82) is 0 Å². The molecule has 7 nitrogen and oxygen atoms in total. The second kappa shape index (κ2) is 11.0. The van der Waals surface area contributed by atoms with Crippen LogP contribution in [0.3, 0.4) is 0 Å². The Balaban J connectivity index is 1.83. The average molecular weight is 492 g/mol. The number of ether oxygens (including phenoxy) is 3. The van der Waals surface area contributed by atoms with E-state index in [1.165, 1.54) is 5.69 Å². The summed E-state index contributed by atoms with van der Waals surface area (Å²) in [6, 6.07) is 4.10. The Kier molecular flexibility index (Phi) is 8.06. The number of aromatic hydroxyl groups is 1. The van der Waals surface area contributed by atoms with Crippen LogP contribution in [-0.2, 0) is 16.1 Å². The highest BCUT2D eigenvalue weighted by molar-refractivity contribution is 7.98. The Morgan fingerprint density at radius 1 is 1.30 bits per heavy atom. The van der Waals surface area contributed by atoms with E-state index in [1.54, 1.807) is 43.4 Å². The first-order chi connectivity index (χ1) is 16.1. The minimum atomic E-state index is 0.163. The van der Waals surface area contributed by atoms with Crippen molar-refractivity contribution in [3.05, 3.63) is 23.1 Å². The summed E-state index contributed by atoms with van der Waals surface area (Å²) < 4.78 is 18.5. The van der Waals surface area contributed by atoms with Crippen molar-refractivity contribution in [3.63, 3.8) is 0 Å². The van der Waals surface area contributed by atoms with E-state index in [9.17, 15) is 5.11 Å². The maximum absolute atomic E-state index is 10.9. The van der Waals surface area contributed by atoms with Gasteiger partial charge in [-0.2, -0.15) is 5.10 Å². The molecule has 0 unspecified atom stereocenters. The Bertz CT molecular complexity index is 1080. The summed E-state index contributed by atoms with van der Waals surface area (Å²) in [7, 11) is 3.26. The maximum Gasteiger partial charge on any atom is 0.144 e. The van der Waals surface area contributed by atoms with E-state index in [1.807, 2.05) is 10.6 Å². The van der Waals surface area contributed by atoms with Crippen LogP contribution in [-0.4, -0.2) is 61.0 Å². The molecule has 9 heteroatoms. The Morgan fingerprint density at radius 3 is 2.76 bits per heavy atom. The zero-order chi connectivity index (χ0) is 23.4. The monoisotopic (exact) mass is 491 g/mol. The molecular formula is C24H33N3O4S2. The van der Waals surface area contributed by atoms with Gasteiger partial charge in [-0.05, 0) is 43.2 Å². The van der Waals surface area contributed by atoms with Gasteiger partial charge in [0.1, 0.15) is 27.0 Å². The van der Waals surface area contributed by atoms with E-state index >= 15 is 0 Å². The van der Waals surface area contributed by atoms with Crippen molar-refractivity contribution in [2.75, 3.05) is 45.1 Å². The molecule has 0 amide bonds. The first-order valence-corrected chi connectivity index (χ1v) is 13.5. The van der Waals surface area contributed by atoms with Crippen LogP contribution >= 0.6 is 23.1 Å². The maximum atomic E-state index is 10.9. The fraction of sp³-hybridized carbons (Fsp3) is 0.542. The van der Waals surface area contributed by atoms with Crippen LogP contribution in [0.2, 0.25) is 0 Å². The quantitative estimate of drug-likeness (QED) is 0.379. The molecule has 1 fully saturated rings. The Morgan fingerprint density at radius 2 is 2.09 bits per heavy atom. The smallest absolute Gasteiger partial charge is 0.144 e. The van der Waals surface area contributed by atoms with E-state index in [2.05, 4.69) is 23.5 Å². The number of hydrogen-bond acceptors (Lipinski definition) is 8. The third kappa shape index (κ3) is 4.82. The number of rotatable bonds is 10. The lowest BCUT2D eigenvalue weighted by Gasteiger charge is -2.35. The standard InChI is InChI=1S/C24H33N3O4S2/c1-5-6-9-26(17-7-10-31-11-8-17)22-23(32-4)25-27-18(15-33-24(22)27)21-19(28)12-16(14-29-2)13-20(21)30-3/h12-13,15,17,28H,5-11,14H2,1-4H3. The number of thioether (sulfide) groups is 1. The summed E-state index contributed by atoms with van der Waals surface area (Å²) in [4.78, 5) is 3.65. The van der Waals surface area contributed by atoms with Crippen LogP contribution < -0.4 is 9.64 Å². The number of benzene rings is 1. The van der Waals surface area contributed by atoms with Crippen molar-refractivity contribution in [3.8, 4) is 22.8 Å². The van der Waals surface area contributed by atoms with Gasteiger partial charge < -0.3 is 24.2 Å². The van der Waals surface area contributed by atoms with Gasteiger partial charge >= 0.3 is 0 Å². The lowest BCUT2D eigenvalue weighted by atomic mass is 10.1. The van der Waals surface area contributed by atoms with Crippen LogP contribution in [0.25, 0.3) is 16.1 Å². The number of nitrogens with zero attached hydrogens (tertiary/aromatic N) is 3. The predicted molar refractivity (Wildman–Crippen MR) is 135 cm³/mol.